The Kier molecular flexibility index (Phi) is 9.22. The molecular weight excluding hydrogens is 444 g/mol. The van der Waals surface area contributed by atoms with Crippen molar-refractivity contribution >= 4 is 10.0 Å². The van der Waals surface area contributed by atoms with Crippen molar-refractivity contribution in [2.75, 3.05) is 59.7 Å². The molecule has 0 N–H and O–H groups in total. The van der Waals surface area contributed by atoms with Crippen molar-refractivity contribution in [1.29, 1.82) is 0 Å². The average molecular weight is 479 g/mol. The van der Waals surface area contributed by atoms with Crippen molar-refractivity contribution in [2.24, 2.45) is 0 Å². The van der Waals surface area contributed by atoms with Crippen molar-refractivity contribution in [3.63, 3.8) is 0 Å². The molecule has 0 atom stereocenters. The van der Waals surface area contributed by atoms with Crippen molar-refractivity contribution in [3.8, 4) is 23.0 Å². The van der Waals surface area contributed by atoms with Gasteiger partial charge in [-0.05, 0) is 56.7 Å². The van der Waals surface area contributed by atoms with Gasteiger partial charge in [-0.1, -0.05) is 0 Å². The van der Waals surface area contributed by atoms with E-state index in [0.29, 0.717) is 57.5 Å². The molecule has 9 heteroatoms. The van der Waals surface area contributed by atoms with Crippen LogP contribution in [0.1, 0.15) is 20.3 Å². The van der Waals surface area contributed by atoms with E-state index in [2.05, 4.69) is 4.90 Å². The monoisotopic (exact) mass is 478 g/mol. The molecule has 2 aromatic carbocycles. The maximum atomic E-state index is 13.2. The zero-order chi connectivity index (χ0) is 23.7. The van der Waals surface area contributed by atoms with Gasteiger partial charge in [-0.3, -0.25) is 0 Å². The summed E-state index contributed by atoms with van der Waals surface area (Å²) in [6.45, 7) is 8.43. The van der Waals surface area contributed by atoms with Crippen LogP contribution in [0.3, 0.4) is 0 Å². The molecule has 1 saturated heterocycles. The summed E-state index contributed by atoms with van der Waals surface area (Å²) in [6.07, 6.45) is 0.870. The van der Waals surface area contributed by atoms with Crippen LogP contribution in [0.4, 0.5) is 0 Å². The van der Waals surface area contributed by atoms with Gasteiger partial charge in [0.05, 0.1) is 31.8 Å². The van der Waals surface area contributed by atoms with Crippen LogP contribution in [-0.4, -0.2) is 77.3 Å². The van der Waals surface area contributed by atoms with Crippen LogP contribution in [0, 0.1) is 0 Å². The molecule has 1 aliphatic rings. The number of benzene rings is 2. The van der Waals surface area contributed by atoms with Crippen LogP contribution in [0.5, 0.6) is 23.0 Å². The number of ether oxygens (including phenoxy) is 4. The summed E-state index contributed by atoms with van der Waals surface area (Å²) in [4.78, 5) is 2.50. The first-order valence-electron chi connectivity index (χ1n) is 11.4. The number of methoxy groups -OCH3 is 1. The van der Waals surface area contributed by atoms with Crippen molar-refractivity contribution < 1.29 is 27.4 Å². The fourth-order valence-corrected chi connectivity index (χ4v) is 5.12. The van der Waals surface area contributed by atoms with E-state index >= 15 is 0 Å². The highest BCUT2D eigenvalue weighted by atomic mass is 32.2. The van der Waals surface area contributed by atoms with Crippen molar-refractivity contribution in [2.45, 2.75) is 25.2 Å². The Balaban J connectivity index is 1.48. The molecule has 0 amide bonds. The lowest BCUT2D eigenvalue weighted by molar-refractivity contribution is 0.174. The van der Waals surface area contributed by atoms with Crippen molar-refractivity contribution in [3.05, 3.63) is 42.5 Å². The Morgan fingerprint density at radius 3 is 2.09 bits per heavy atom. The first kappa shape index (κ1) is 25.1. The Morgan fingerprint density at radius 1 is 0.818 bits per heavy atom. The van der Waals surface area contributed by atoms with Crippen LogP contribution in [0.2, 0.25) is 0 Å². The third-order valence-corrected chi connectivity index (χ3v) is 7.33. The van der Waals surface area contributed by atoms with Gasteiger partial charge >= 0.3 is 0 Å². The average Bonchev–Trinajstić information content (AvgIpc) is 2.84. The van der Waals surface area contributed by atoms with Crippen LogP contribution >= 0.6 is 0 Å². The van der Waals surface area contributed by atoms with Gasteiger partial charge in [0.25, 0.3) is 0 Å². The lowest BCUT2D eigenvalue weighted by atomic mass is 10.3. The molecule has 0 radical (unpaired) electrons. The fraction of sp³-hybridized carbons (Fsp3) is 0.500. The van der Waals surface area contributed by atoms with Gasteiger partial charge in [0.1, 0.15) is 11.5 Å². The largest absolute Gasteiger partial charge is 0.497 e. The lowest BCUT2D eigenvalue weighted by Crippen LogP contribution is -2.48. The molecule has 0 bridgehead atoms. The molecule has 2 aromatic rings. The van der Waals surface area contributed by atoms with E-state index < -0.39 is 10.0 Å². The summed E-state index contributed by atoms with van der Waals surface area (Å²) in [6, 6.07) is 12.3. The van der Waals surface area contributed by atoms with Crippen molar-refractivity contribution in [1.82, 2.24) is 9.21 Å². The minimum absolute atomic E-state index is 0.232. The zero-order valence-corrected chi connectivity index (χ0v) is 20.5. The van der Waals surface area contributed by atoms with E-state index in [0.717, 1.165) is 24.5 Å². The van der Waals surface area contributed by atoms with E-state index in [-0.39, 0.29) is 4.90 Å². The molecule has 0 aliphatic carbocycles. The fourth-order valence-electron chi connectivity index (χ4n) is 3.68. The second kappa shape index (κ2) is 12.1. The molecule has 1 heterocycles. The topological polar surface area (TPSA) is 77.5 Å². The quantitative estimate of drug-likeness (QED) is 0.433. The van der Waals surface area contributed by atoms with E-state index in [1.807, 2.05) is 38.1 Å². The Bertz CT molecular complexity index is 973. The van der Waals surface area contributed by atoms with Gasteiger partial charge in [0, 0.05) is 38.8 Å². The zero-order valence-electron chi connectivity index (χ0n) is 19.7. The molecule has 3 rings (SSSR count). The first-order chi connectivity index (χ1) is 16.0. The number of hydrogen-bond acceptors (Lipinski definition) is 7. The van der Waals surface area contributed by atoms with E-state index in [4.69, 9.17) is 18.9 Å². The molecule has 0 unspecified atom stereocenters. The van der Waals surface area contributed by atoms with E-state index in [9.17, 15) is 8.42 Å². The number of sulfonamides is 1. The molecule has 1 aliphatic heterocycles. The van der Waals surface area contributed by atoms with Crippen LogP contribution in [0.25, 0.3) is 0 Å². The SMILES string of the molecule is CCOc1ccc(S(=O)(=O)N2CCN(CCCOc3ccc(OC)cc3)CC2)cc1OCC. The highest BCUT2D eigenvalue weighted by Gasteiger charge is 2.29. The smallest absolute Gasteiger partial charge is 0.243 e. The number of hydrogen-bond donors (Lipinski definition) is 0. The van der Waals surface area contributed by atoms with Gasteiger partial charge in [-0.2, -0.15) is 4.31 Å². The Morgan fingerprint density at radius 2 is 1.45 bits per heavy atom. The standard InChI is InChI=1S/C24H34N2O6S/c1-4-30-23-12-11-22(19-24(23)31-5-2)33(27,28)26-16-14-25(15-17-26)13-6-18-32-21-9-7-20(29-3)8-10-21/h7-12,19H,4-6,13-18H2,1-3H3. The molecule has 8 nitrogen and oxygen atoms in total. The molecule has 0 aromatic heterocycles. The minimum atomic E-state index is -3.59. The van der Waals surface area contributed by atoms with Gasteiger partial charge in [0.2, 0.25) is 10.0 Å². The number of rotatable bonds is 12. The van der Waals surface area contributed by atoms with Gasteiger partial charge < -0.3 is 23.8 Å². The molecule has 182 valence electrons. The summed E-state index contributed by atoms with van der Waals surface area (Å²) in [5.74, 6) is 2.62. The first-order valence-corrected chi connectivity index (χ1v) is 12.8. The highest BCUT2D eigenvalue weighted by molar-refractivity contribution is 7.89. The summed E-state index contributed by atoms with van der Waals surface area (Å²) in [5, 5.41) is 0. The molecule has 0 spiro atoms. The van der Waals surface area contributed by atoms with Gasteiger partial charge in [-0.15, -0.1) is 0 Å². The van der Waals surface area contributed by atoms with Crippen LogP contribution in [-0.2, 0) is 10.0 Å². The predicted molar refractivity (Wildman–Crippen MR) is 127 cm³/mol. The highest BCUT2D eigenvalue weighted by Crippen LogP contribution is 2.31. The number of piperazine rings is 1. The van der Waals surface area contributed by atoms with E-state index in [1.54, 1.807) is 29.6 Å². The predicted octanol–water partition coefficient (Wildman–Crippen LogP) is 3.27. The summed E-state index contributed by atoms with van der Waals surface area (Å²) >= 11 is 0. The molecule has 1 fully saturated rings. The maximum absolute atomic E-state index is 13.2. The maximum Gasteiger partial charge on any atom is 0.243 e. The second-order valence-corrected chi connectivity index (χ2v) is 9.54. The third-order valence-electron chi connectivity index (χ3n) is 5.43. The van der Waals surface area contributed by atoms with Gasteiger partial charge in [-0.25, -0.2) is 8.42 Å². The van der Waals surface area contributed by atoms with Gasteiger partial charge in [0.15, 0.2) is 11.5 Å². The summed E-state index contributed by atoms with van der Waals surface area (Å²) in [5.41, 5.74) is 0. The molecular formula is C24H34N2O6S. The Hall–Kier alpha value is -2.49. The number of nitrogens with zero attached hydrogens (tertiary/aromatic N) is 2. The normalized spacial score (nSPS) is 15.2. The summed E-state index contributed by atoms with van der Waals surface area (Å²) < 4.78 is 49.9. The summed E-state index contributed by atoms with van der Waals surface area (Å²) in [7, 11) is -1.95. The minimum Gasteiger partial charge on any atom is -0.497 e. The van der Waals surface area contributed by atoms with E-state index in [1.165, 1.54) is 0 Å². The molecule has 33 heavy (non-hydrogen) atoms. The second-order valence-electron chi connectivity index (χ2n) is 7.60. The van der Waals surface area contributed by atoms with Crippen LogP contribution < -0.4 is 18.9 Å². The van der Waals surface area contributed by atoms with Crippen LogP contribution in [0.15, 0.2) is 47.4 Å². The Labute approximate surface area is 197 Å². The lowest BCUT2D eigenvalue weighted by Gasteiger charge is -2.34. The molecule has 0 saturated carbocycles. The third kappa shape index (κ3) is 6.75.